The van der Waals surface area contributed by atoms with Crippen LogP contribution in [-0.2, 0) is 11.3 Å². The van der Waals surface area contributed by atoms with Crippen LogP contribution in [0.3, 0.4) is 0 Å². The Morgan fingerprint density at radius 3 is 2.62 bits per heavy atom. The first-order valence-corrected chi connectivity index (χ1v) is 10.1. The molecule has 0 atom stereocenters. The number of amides is 1. The van der Waals surface area contributed by atoms with Crippen LogP contribution in [0.1, 0.15) is 43.2 Å². The summed E-state index contributed by atoms with van der Waals surface area (Å²) in [4.78, 5) is 17.9. The van der Waals surface area contributed by atoms with Gasteiger partial charge in [-0.2, -0.15) is 0 Å². The van der Waals surface area contributed by atoms with Gasteiger partial charge in [0.25, 0.3) is 0 Å². The van der Waals surface area contributed by atoms with E-state index >= 15 is 0 Å². The van der Waals surface area contributed by atoms with Crippen molar-refractivity contribution in [1.29, 1.82) is 0 Å². The first-order valence-electron chi connectivity index (χ1n) is 9.27. The number of aliphatic hydroxyl groups excluding tert-OH is 1. The molecule has 0 saturated heterocycles. The van der Waals surface area contributed by atoms with Gasteiger partial charge in [0.1, 0.15) is 11.4 Å². The van der Waals surface area contributed by atoms with E-state index in [-0.39, 0.29) is 25.4 Å². The molecule has 1 amide bonds. The highest BCUT2D eigenvalue weighted by Gasteiger charge is 2.22. The van der Waals surface area contributed by atoms with E-state index < -0.39 is 17.5 Å². The predicted molar refractivity (Wildman–Crippen MR) is 116 cm³/mol. The van der Waals surface area contributed by atoms with Gasteiger partial charge in [0.15, 0.2) is 0 Å². The first-order chi connectivity index (χ1) is 13.6. The molecule has 0 aliphatic rings. The van der Waals surface area contributed by atoms with Crippen molar-refractivity contribution in [1.82, 2.24) is 9.88 Å². The van der Waals surface area contributed by atoms with Crippen LogP contribution in [-0.4, -0.2) is 39.8 Å². The maximum Gasteiger partial charge on any atom is 0.410 e. The molecule has 0 unspecified atom stereocenters. The number of ether oxygens (including phenoxy) is 1. The first kappa shape index (κ1) is 23.0. The molecule has 29 heavy (non-hydrogen) atoms. The number of hydrogen-bond acceptors (Lipinski definition) is 4. The summed E-state index contributed by atoms with van der Waals surface area (Å²) in [7, 11) is 0. The fraction of sp³-hybridized carbons (Fsp3) is 0.364. The highest BCUT2D eigenvalue weighted by molar-refractivity contribution is 9.10. The Morgan fingerprint density at radius 1 is 1.31 bits per heavy atom. The zero-order valence-electron chi connectivity index (χ0n) is 17.1. The van der Waals surface area contributed by atoms with Gasteiger partial charge in [0.05, 0.1) is 18.8 Å². The normalized spacial score (nSPS) is 12.0. The smallest absolute Gasteiger partial charge is 0.410 e. The van der Waals surface area contributed by atoms with Gasteiger partial charge in [-0.1, -0.05) is 34.1 Å². The molecular formula is C22H26BrFN2O3. The van der Waals surface area contributed by atoms with Gasteiger partial charge >= 0.3 is 6.09 Å². The lowest BCUT2D eigenvalue weighted by atomic mass is 10.1. The number of hydrogen-bond donors (Lipinski definition) is 1. The lowest BCUT2D eigenvalue weighted by molar-refractivity contribution is 0.0201. The summed E-state index contributed by atoms with van der Waals surface area (Å²) in [5.41, 5.74) is 1.99. The van der Waals surface area contributed by atoms with E-state index in [0.29, 0.717) is 5.56 Å². The van der Waals surface area contributed by atoms with E-state index in [1.165, 1.54) is 17.2 Å². The van der Waals surface area contributed by atoms with E-state index in [2.05, 4.69) is 20.9 Å². The molecule has 156 valence electrons. The zero-order chi connectivity index (χ0) is 21.6. The standard InChI is InChI=1S/C22H26BrFN2O3/c1-15-17(6-5-7-18(15)23)12-19(24)20-9-8-16(13-25-20)14-26(10-11-27)21(28)29-22(2,3)4/h5-9,12-13,27H,10-11,14H2,1-4H3/b19-12-. The average Bonchev–Trinajstić information content (AvgIpc) is 2.64. The van der Waals surface area contributed by atoms with Crippen molar-refractivity contribution in [3.05, 3.63) is 63.4 Å². The van der Waals surface area contributed by atoms with Crippen LogP contribution in [0.4, 0.5) is 9.18 Å². The Labute approximate surface area is 179 Å². The third-order valence-corrected chi connectivity index (χ3v) is 4.92. The number of halogens is 2. The molecule has 0 fully saturated rings. The van der Waals surface area contributed by atoms with Crippen molar-refractivity contribution >= 4 is 33.9 Å². The summed E-state index contributed by atoms with van der Waals surface area (Å²) in [6.07, 6.45) is 2.44. The molecule has 0 aliphatic heterocycles. The largest absolute Gasteiger partial charge is 0.444 e. The number of carbonyl (C=O) groups is 1. The third-order valence-electron chi connectivity index (χ3n) is 4.06. The molecule has 0 spiro atoms. The minimum atomic E-state index is -0.634. The Hall–Kier alpha value is -2.25. The van der Waals surface area contributed by atoms with Crippen LogP contribution in [0.5, 0.6) is 0 Å². The molecule has 0 bridgehead atoms. The summed E-state index contributed by atoms with van der Waals surface area (Å²) in [6.45, 7) is 7.40. The van der Waals surface area contributed by atoms with Gasteiger partial charge in [-0.15, -0.1) is 0 Å². The van der Waals surface area contributed by atoms with E-state index in [1.54, 1.807) is 32.9 Å². The number of rotatable bonds is 6. The Balaban J connectivity index is 2.14. The van der Waals surface area contributed by atoms with Crippen molar-refractivity contribution in [2.24, 2.45) is 0 Å². The Kier molecular flexibility index (Phi) is 7.93. The van der Waals surface area contributed by atoms with E-state index in [0.717, 1.165) is 15.6 Å². The predicted octanol–water partition coefficient (Wildman–Crippen LogP) is 5.35. The number of pyridine rings is 1. The highest BCUT2D eigenvalue weighted by atomic mass is 79.9. The van der Waals surface area contributed by atoms with Gasteiger partial charge in [0.2, 0.25) is 0 Å². The second kappa shape index (κ2) is 9.98. The average molecular weight is 465 g/mol. The molecule has 1 N–H and O–H groups in total. The summed E-state index contributed by atoms with van der Waals surface area (Å²) in [5.74, 6) is -0.447. The zero-order valence-corrected chi connectivity index (χ0v) is 18.7. The van der Waals surface area contributed by atoms with Gasteiger partial charge < -0.3 is 14.7 Å². The molecule has 0 aliphatic carbocycles. The fourth-order valence-corrected chi connectivity index (χ4v) is 2.93. The molecule has 1 aromatic carbocycles. The number of benzene rings is 1. The number of nitrogens with zero attached hydrogens (tertiary/aromatic N) is 2. The molecule has 7 heteroatoms. The van der Waals surface area contributed by atoms with Crippen molar-refractivity contribution in [3.63, 3.8) is 0 Å². The second-order valence-electron chi connectivity index (χ2n) is 7.62. The quantitative estimate of drug-likeness (QED) is 0.625. The minimum Gasteiger partial charge on any atom is -0.444 e. The van der Waals surface area contributed by atoms with Crippen LogP contribution >= 0.6 is 15.9 Å². The van der Waals surface area contributed by atoms with Gasteiger partial charge in [-0.25, -0.2) is 9.18 Å². The Bertz CT molecular complexity index is 877. The summed E-state index contributed by atoms with van der Waals surface area (Å²) < 4.78 is 20.9. The van der Waals surface area contributed by atoms with Crippen molar-refractivity contribution < 1.29 is 19.0 Å². The number of aromatic nitrogens is 1. The highest BCUT2D eigenvalue weighted by Crippen LogP contribution is 2.24. The van der Waals surface area contributed by atoms with Gasteiger partial charge in [0, 0.05) is 17.2 Å². The molecule has 1 aromatic heterocycles. The van der Waals surface area contributed by atoms with E-state index in [4.69, 9.17) is 4.74 Å². The molecular weight excluding hydrogens is 439 g/mol. The van der Waals surface area contributed by atoms with Crippen LogP contribution in [0.25, 0.3) is 11.9 Å². The Morgan fingerprint density at radius 2 is 2.03 bits per heavy atom. The molecule has 2 aromatic rings. The molecule has 1 heterocycles. The maximum atomic E-state index is 14.6. The number of carbonyl (C=O) groups excluding carboxylic acids is 1. The fourth-order valence-electron chi connectivity index (χ4n) is 2.55. The van der Waals surface area contributed by atoms with Gasteiger partial charge in [-0.3, -0.25) is 4.98 Å². The lowest BCUT2D eigenvalue weighted by Crippen LogP contribution is -2.38. The second-order valence-corrected chi connectivity index (χ2v) is 8.48. The molecule has 0 saturated carbocycles. The van der Waals surface area contributed by atoms with Crippen LogP contribution in [0.15, 0.2) is 41.0 Å². The van der Waals surface area contributed by atoms with Crippen LogP contribution in [0.2, 0.25) is 0 Å². The van der Waals surface area contributed by atoms with Gasteiger partial charge in [-0.05, 0) is 62.6 Å². The van der Waals surface area contributed by atoms with Crippen molar-refractivity contribution in [2.75, 3.05) is 13.2 Å². The van der Waals surface area contributed by atoms with Crippen LogP contribution in [0, 0.1) is 6.92 Å². The monoisotopic (exact) mass is 464 g/mol. The SMILES string of the molecule is Cc1c(Br)cccc1/C=C(\F)c1ccc(CN(CCO)C(=O)OC(C)(C)C)cn1. The molecule has 2 rings (SSSR count). The van der Waals surface area contributed by atoms with E-state index in [9.17, 15) is 14.3 Å². The van der Waals surface area contributed by atoms with Crippen molar-refractivity contribution in [2.45, 2.75) is 39.8 Å². The van der Waals surface area contributed by atoms with E-state index in [1.807, 2.05) is 25.1 Å². The minimum absolute atomic E-state index is 0.132. The van der Waals surface area contributed by atoms with Crippen molar-refractivity contribution in [3.8, 4) is 0 Å². The lowest BCUT2D eigenvalue weighted by Gasteiger charge is -2.27. The topological polar surface area (TPSA) is 62.7 Å². The summed E-state index contributed by atoms with van der Waals surface area (Å²) in [6, 6.07) is 8.86. The third kappa shape index (κ3) is 6.94. The molecule has 0 radical (unpaired) electrons. The number of aliphatic hydroxyl groups is 1. The van der Waals surface area contributed by atoms with Crippen LogP contribution < -0.4 is 0 Å². The maximum absolute atomic E-state index is 14.6. The molecule has 5 nitrogen and oxygen atoms in total. The summed E-state index contributed by atoms with van der Waals surface area (Å²) in [5, 5.41) is 9.24. The summed E-state index contributed by atoms with van der Waals surface area (Å²) >= 11 is 3.44.